The van der Waals surface area contributed by atoms with E-state index in [4.69, 9.17) is 0 Å². The fourth-order valence-corrected chi connectivity index (χ4v) is 2.51. The molecule has 1 amide bonds. The lowest BCUT2D eigenvalue weighted by molar-refractivity contribution is -0.120. The van der Waals surface area contributed by atoms with Gasteiger partial charge < -0.3 is 9.88 Å². The van der Waals surface area contributed by atoms with E-state index in [1.165, 1.54) is 6.07 Å². The number of amides is 1. The molecular weight excluding hydrogens is 281 g/mol. The second kappa shape index (κ2) is 5.97. The number of nitrogens with zero attached hydrogens (tertiary/aromatic N) is 2. The van der Waals surface area contributed by atoms with Gasteiger partial charge in [-0.05, 0) is 23.8 Å². The second-order valence-electron chi connectivity index (χ2n) is 5.18. The summed E-state index contributed by atoms with van der Waals surface area (Å²) < 4.78 is 15.4. The predicted octanol–water partition coefficient (Wildman–Crippen LogP) is 2.57. The third kappa shape index (κ3) is 2.83. The average Bonchev–Trinajstić information content (AvgIpc) is 2.83. The van der Waals surface area contributed by atoms with E-state index in [-0.39, 0.29) is 24.7 Å². The van der Waals surface area contributed by atoms with Gasteiger partial charge in [-0.2, -0.15) is 0 Å². The van der Waals surface area contributed by atoms with Gasteiger partial charge in [0.2, 0.25) is 5.91 Å². The van der Waals surface area contributed by atoms with Crippen LogP contribution in [0.25, 0.3) is 11.0 Å². The van der Waals surface area contributed by atoms with Crippen molar-refractivity contribution in [1.29, 1.82) is 0 Å². The lowest BCUT2D eigenvalue weighted by atomic mass is 10.1. The number of fused-ring (bicyclic) bond motifs is 1. The molecule has 4 nitrogen and oxygen atoms in total. The predicted molar refractivity (Wildman–Crippen MR) is 82.7 cm³/mol. The fourth-order valence-electron chi connectivity index (χ4n) is 2.51. The zero-order valence-corrected chi connectivity index (χ0v) is 12.2. The summed E-state index contributed by atoms with van der Waals surface area (Å²) in [6.07, 6.45) is 3.88. The zero-order valence-electron chi connectivity index (χ0n) is 12.2. The summed E-state index contributed by atoms with van der Waals surface area (Å²) in [6.45, 7) is 0.189. The van der Waals surface area contributed by atoms with E-state index in [9.17, 15) is 9.18 Å². The normalized spacial score (nSPS) is 10.8. The Morgan fingerprint density at radius 3 is 2.86 bits per heavy atom. The Hall–Kier alpha value is -2.69. The quantitative estimate of drug-likeness (QED) is 0.804. The van der Waals surface area contributed by atoms with E-state index in [2.05, 4.69) is 10.3 Å². The van der Waals surface area contributed by atoms with Crippen LogP contribution in [0.15, 0.2) is 48.8 Å². The average molecular weight is 297 g/mol. The van der Waals surface area contributed by atoms with Crippen molar-refractivity contribution in [2.45, 2.75) is 13.0 Å². The smallest absolute Gasteiger partial charge is 0.224 e. The number of hydrogen-bond acceptors (Lipinski definition) is 2. The van der Waals surface area contributed by atoms with Gasteiger partial charge in [0.25, 0.3) is 0 Å². The number of pyridine rings is 1. The minimum Gasteiger partial charge on any atom is -0.352 e. The molecule has 2 aromatic heterocycles. The van der Waals surface area contributed by atoms with Gasteiger partial charge >= 0.3 is 0 Å². The van der Waals surface area contributed by atoms with Crippen molar-refractivity contribution in [2.24, 2.45) is 7.05 Å². The van der Waals surface area contributed by atoms with Crippen LogP contribution in [-0.2, 0) is 24.8 Å². The molecule has 0 spiro atoms. The van der Waals surface area contributed by atoms with E-state index in [1.54, 1.807) is 24.4 Å². The molecule has 22 heavy (non-hydrogen) atoms. The molecule has 0 aliphatic rings. The van der Waals surface area contributed by atoms with Gasteiger partial charge in [-0.3, -0.25) is 4.79 Å². The monoisotopic (exact) mass is 297 g/mol. The highest BCUT2D eigenvalue weighted by atomic mass is 19.1. The maximum absolute atomic E-state index is 13.5. The molecule has 5 heteroatoms. The number of benzene rings is 1. The summed E-state index contributed by atoms with van der Waals surface area (Å²) in [5.74, 6) is -0.447. The van der Waals surface area contributed by atoms with Crippen LogP contribution in [0.2, 0.25) is 0 Å². The zero-order chi connectivity index (χ0) is 15.5. The molecule has 2 heterocycles. The number of carbonyl (C=O) groups excluding carboxylic acids is 1. The van der Waals surface area contributed by atoms with Crippen LogP contribution in [0.4, 0.5) is 4.39 Å². The van der Waals surface area contributed by atoms with Crippen molar-refractivity contribution < 1.29 is 9.18 Å². The lowest BCUT2D eigenvalue weighted by Gasteiger charge is -2.06. The van der Waals surface area contributed by atoms with Crippen molar-refractivity contribution in [2.75, 3.05) is 0 Å². The second-order valence-corrected chi connectivity index (χ2v) is 5.18. The van der Waals surface area contributed by atoms with Crippen molar-refractivity contribution in [3.05, 3.63) is 65.7 Å². The summed E-state index contributed by atoms with van der Waals surface area (Å²) in [7, 11) is 1.90. The van der Waals surface area contributed by atoms with Gasteiger partial charge in [-0.15, -0.1) is 0 Å². The number of aryl methyl sites for hydroxylation is 1. The number of hydrogen-bond donors (Lipinski definition) is 1. The Bertz CT molecular complexity index is 826. The first-order valence-electron chi connectivity index (χ1n) is 7.04. The Kier molecular flexibility index (Phi) is 3.87. The standard InChI is InChI=1S/C17H16FN3O/c1-21-11-13(14-6-4-8-19-17(14)21)9-16(22)20-10-12-5-2-3-7-15(12)18/h2-8,11H,9-10H2,1H3,(H,20,22). The summed E-state index contributed by atoms with van der Waals surface area (Å²) in [4.78, 5) is 16.4. The van der Waals surface area contributed by atoms with Crippen molar-refractivity contribution in [3.63, 3.8) is 0 Å². The van der Waals surface area contributed by atoms with Crippen LogP contribution in [0.3, 0.4) is 0 Å². The molecule has 1 N–H and O–H groups in total. The summed E-state index contributed by atoms with van der Waals surface area (Å²) in [5, 5.41) is 3.72. The first-order chi connectivity index (χ1) is 10.6. The molecule has 0 fully saturated rings. The molecule has 3 aromatic rings. The maximum atomic E-state index is 13.5. The van der Waals surface area contributed by atoms with Crippen LogP contribution < -0.4 is 5.32 Å². The molecule has 1 aromatic carbocycles. The highest BCUT2D eigenvalue weighted by Crippen LogP contribution is 2.18. The van der Waals surface area contributed by atoms with Gasteiger partial charge in [0.05, 0.1) is 6.42 Å². The third-order valence-corrected chi connectivity index (χ3v) is 3.60. The molecule has 3 rings (SSSR count). The number of carbonyl (C=O) groups is 1. The molecule has 0 atom stereocenters. The largest absolute Gasteiger partial charge is 0.352 e. The maximum Gasteiger partial charge on any atom is 0.224 e. The van der Waals surface area contributed by atoms with Crippen LogP contribution >= 0.6 is 0 Å². The molecule has 0 unspecified atom stereocenters. The molecule has 112 valence electrons. The summed E-state index contributed by atoms with van der Waals surface area (Å²) in [5.41, 5.74) is 2.24. The molecule has 0 saturated heterocycles. The van der Waals surface area contributed by atoms with Gasteiger partial charge in [0.1, 0.15) is 11.5 Å². The molecule has 0 aliphatic carbocycles. The summed E-state index contributed by atoms with van der Waals surface area (Å²) in [6, 6.07) is 10.2. The number of nitrogens with one attached hydrogen (secondary N) is 1. The van der Waals surface area contributed by atoms with Gasteiger partial charge in [-0.25, -0.2) is 9.37 Å². The topological polar surface area (TPSA) is 46.9 Å². The minimum absolute atomic E-state index is 0.139. The first-order valence-corrected chi connectivity index (χ1v) is 7.04. The Morgan fingerprint density at radius 1 is 1.23 bits per heavy atom. The van der Waals surface area contributed by atoms with E-state index in [1.807, 2.05) is 29.9 Å². The van der Waals surface area contributed by atoms with E-state index >= 15 is 0 Å². The van der Waals surface area contributed by atoms with Crippen molar-refractivity contribution >= 4 is 16.9 Å². The van der Waals surface area contributed by atoms with Crippen molar-refractivity contribution in [1.82, 2.24) is 14.9 Å². The van der Waals surface area contributed by atoms with Crippen molar-refractivity contribution in [3.8, 4) is 0 Å². The molecule has 0 aliphatic heterocycles. The highest BCUT2D eigenvalue weighted by molar-refractivity contribution is 5.87. The number of halogens is 1. The van der Waals surface area contributed by atoms with Crippen LogP contribution in [0.5, 0.6) is 0 Å². The molecule has 0 radical (unpaired) electrons. The summed E-state index contributed by atoms with van der Waals surface area (Å²) >= 11 is 0. The molecular formula is C17H16FN3O. The highest BCUT2D eigenvalue weighted by Gasteiger charge is 2.11. The number of aromatic nitrogens is 2. The molecule has 0 bridgehead atoms. The SMILES string of the molecule is Cn1cc(CC(=O)NCc2ccccc2F)c2cccnc21. The van der Waals surface area contributed by atoms with Gasteiger partial charge in [0.15, 0.2) is 0 Å². The Morgan fingerprint density at radius 2 is 2.05 bits per heavy atom. The van der Waals surface area contributed by atoms with Gasteiger partial charge in [0, 0.05) is 36.9 Å². The lowest BCUT2D eigenvalue weighted by Crippen LogP contribution is -2.24. The Labute approximate surface area is 127 Å². The van der Waals surface area contributed by atoms with Gasteiger partial charge in [-0.1, -0.05) is 18.2 Å². The third-order valence-electron chi connectivity index (χ3n) is 3.60. The first kappa shape index (κ1) is 14.3. The van der Waals surface area contributed by atoms with E-state index in [0.29, 0.717) is 5.56 Å². The van der Waals surface area contributed by atoms with Crippen LogP contribution in [-0.4, -0.2) is 15.5 Å². The molecule has 0 saturated carbocycles. The minimum atomic E-state index is -0.308. The van der Waals surface area contributed by atoms with E-state index < -0.39 is 0 Å². The van der Waals surface area contributed by atoms with Crippen LogP contribution in [0, 0.1) is 5.82 Å². The number of rotatable bonds is 4. The fraction of sp³-hybridized carbons (Fsp3) is 0.176. The van der Waals surface area contributed by atoms with E-state index in [0.717, 1.165) is 16.6 Å². The Balaban J connectivity index is 1.70. The van der Waals surface area contributed by atoms with Crippen LogP contribution in [0.1, 0.15) is 11.1 Å².